The van der Waals surface area contributed by atoms with Crippen LogP contribution < -0.4 is 20.1 Å². The zero-order chi connectivity index (χ0) is 40.6. The fourth-order valence-electron chi connectivity index (χ4n) is 6.27. The molecule has 0 aliphatic carbocycles. The van der Waals surface area contributed by atoms with Crippen molar-refractivity contribution in [3.63, 3.8) is 0 Å². The molecule has 2 heterocycles. The molecule has 0 aliphatic rings. The number of carbonyl (C=O) groups is 2. The highest BCUT2D eigenvalue weighted by Gasteiger charge is 2.19. The summed E-state index contributed by atoms with van der Waals surface area (Å²) in [6.45, 7) is 9.14. The van der Waals surface area contributed by atoms with Gasteiger partial charge in [-0.25, -0.2) is 0 Å². The van der Waals surface area contributed by atoms with E-state index in [-0.39, 0.29) is 38.0 Å². The van der Waals surface area contributed by atoms with Crippen molar-refractivity contribution in [1.29, 1.82) is 0 Å². The molecule has 4 aromatic carbocycles. The topological polar surface area (TPSA) is 152 Å². The van der Waals surface area contributed by atoms with Gasteiger partial charge < -0.3 is 35.1 Å². The number of aliphatic hydroxyl groups excluding tert-OH is 2. The van der Waals surface area contributed by atoms with E-state index in [1.54, 1.807) is 12.4 Å². The molecule has 0 aliphatic heterocycles. The molecule has 0 saturated carbocycles. The van der Waals surface area contributed by atoms with Gasteiger partial charge in [0, 0.05) is 47.4 Å². The van der Waals surface area contributed by atoms with Crippen LogP contribution in [0.1, 0.15) is 71.4 Å². The number of fused-ring (bicyclic) bond motifs is 2. The Morgan fingerprint density at radius 1 is 0.579 bits per heavy atom. The molecule has 0 spiro atoms. The zero-order valence-corrected chi connectivity index (χ0v) is 33.1. The average Bonchev–Trinajstić information content (AvgIpc) is 3.22. The Morgan fingerprint density at radius 3 is 1.47 bits per heavy atom. The van der Waals surface area contributed by atoms with Crippen molar-refractivity contribution >= 4 is 56.1 Å². The summed E-state index contributed by atoms with van der Waals surface area (Å²) in [5.74, 6) is 1.34. The summed E-state index contributed by atoms with van der Waals surface area (Å²) in [4.78, 5) is 34.5. The molecule has 0 bridgehead atoms. The summed E-state index contributed by atoms with van der Waals surface area (Å²) in [5, 5.41) is 26.4. The number of aromatic nitrogens is 2. The Morgan fingerprint density at radius 2 is 1.04 bits per heavy atom. The number of Topliss-reactive ketones (excluding diaryl/α,β-unsaturated/α-hetero) is 2. The molecule has 0 fully saturated rings. The monoisotopic (exact) mass is 772 g/mol. The number of ether oxygens (including phenoxy) is 3. The number of aryl methyl sites for hydroxylation is 2. The van der Waals surface area contributed by atoms with Crippen molar-refractivity contribution in [2.75, 3.05) is 50.3 Å². The van der Waals surface area contributed by atoms with E-state index in [0.717, 1.165) is 57.5 Å². The number of nitrogens with one attached hydrogen (secondary N) is 2. The second kappa shape index (κ2) is 21.4. The predicted molar refractivity (Wildman–Crippen MR) is 227 cm³/mol. The van der Waals surface area contributed by atoms with Crippen LogP contribution in [0.15, 0.2) is 97.3 Å². The summed E-state index contributed by atoms with van der Waals surface area (Å²) in [5.41, 5.74) is 8.05. The summed E-state index contributed by atoms with van der Waals surface area (Å²) < 4.78 is 16.7. The maximum absolute atomic E-state index is 12.8. The average molecular weight is 773 g/mol. The van der Waals surface area contributed by atoms with Crippen molar-refractivity contribution in [2.45, 2.75) is 53.4 Å². The molecule has 0 saturated heterocycles. The molecule has 11 nitrogen and oxygen atoms in total. The first-order chi connectivity index (χ1) is 27.8. The number of hydrogen-bond donors (Lipinski definition) is 4. The molecular formula is C46H52N4O7. The molecule has 0 unspecified atom stereocenters. The third-order valence-corrected chi connectivity index (χ3v) is 9.15. The van der Waals surface area contributed by atoms with Gasteiger partial charge in [0.15, 0.2) is 11.6 Å². The first kappa shape index (κ1) is 42.3. The molecule has 11 heteroatoms. The van der Waals surface area contributed by atoms with Crippen LogP contribution in [0.25, 0.3) is 21.8 Å². The molecule has 0 atom stereocenters. The zero-order valence-electron chi connectivity index (χ0n) is 33.1. The van der Waals surface area contributed by atoms with Gasteiger partial charge in [0.2, 0.25) is 0 Å². The quantitative estimate of drug-likeness (QED) is 0.0460. The van der Waals surface area contributed by atoms with E-state index in [2.05, 4.69) is 20.6 Å². The minimum atomic E-state index is -0.0717. The van der Waals surface area contributed by atoms with Crippen molar-refractivity contribution in [2.24, 2.45) is 0 Å². The van der Waals surface area contributed by atoms with E-state index in [0.29, 0.717) is 59.7 Å². The largest absolute Gasteiger partial charge is 0.489 e. The number of anilines is 4. The van der Waals surface area contributed by atoms with E-state index in [1.807, 2.05) is 113 Å². The molecule has 6 rings (SSSR count). The highest BCUT2D eigenvalue weighted by Crippen LogP contribution is 2.36. The summed E-state index contributed by atoms with van der Waals surface area (Å²) in [6.07, 6.45) is 5.74. The maximum atomic E-state index is 12.8. The van der Waals surface area contributed by atoms with Gasteiger partial charge in [-0.1, -0.05) is 74.5 Å². The van der Waals surface area contributed by atoms with E-state index in [4.69, 9.17) is 24.4 Å². The second-order valence-corrected chi connectivity index (χ2v) is 13.4. The van der Waals surface area contributed by atoms with Crippen LogP contribution in [0.2, 0.25) is 0 Å². The molecule has 2 aromatic heterocycles. The lowest BCUT2D eigenvalue weighted by atomic mass is 10.0. The highest BCUT2D eigenvalue weighted by molar-refractivity contribution is 6.11. The summed E-state index contributed by atoms with van der Waals surface area (Å²) in [6, 6.07) is 27.2. The molecular weight excluding hydrogens is 721 g/mol. The van der Waals surface area contributed by atoms with Gasteiger partial charge in [-0.2, -0.15) is 0 Å². The highest BCUT2D eigenvalue weighted by atomic mass is 16.5. The van der Waals surface area contributed by atoms with E-state index < -0.39 is 0 Å². The van der Waals surface area contributed by atoms with E-state index in [1.165, 1.54) is 0 Å². The molecule has 298 valence electrons. The van der Waals surface area contributed by atoms with Gasteiger partial charge in [-0.15, -0.1) is 0 Å². The lowest BCUT2D eigenvalue weighted by molar-refractivity contribution is 0.0708. The minimum absolute atomic E-state index is 0.0156. The van der Waals surface area contributed by atoms with Crippen LogP contribution in [-0.2, 0) is 4.74 Å². The SMILES string of the molecule is CCCC(=O)c1cnc2c(OCCO)cccc2c1Nc1ccccc1C.CCCC(=O)c1cnc2c(OCCOCCO)cccc2c1Nc1ccccc1C. The lowest BCUT2D eigenvalue weighted by Gasteiger charge is -2.17. The van der Waals surface area contributed by atoms with Gasteiger partial charge in [-0.3, -0.25) is 19.6 Å². The Hall–Kier alpha value is -5.88. The van der Waals surface area contributed by atoms with E-state index in [9.17, 15) is 9.59 Å². The summed E-state index contributed by atoms with van der Waals surface area (Å²) in [7, 11) is 0. The number of para-hydroxylation sites is 4. The molecule has 57 heavy (non-hydrogen) atoms. The Balaban J connectivity index is 0.000000219. The third-order valence-electron chi connectivity index (χ3n) is 9.15. The molecule has 0 amide bonds. The Labute approximate surface area is 334 Å². The fourth-order valence-corrected chi connectivity index (χ4v) is 6.27. The van der Waals surface area contributed by atoms with Crippen LogP contribution in [0.5, 0.6) is 11.5 Å². The van der Waals surface area contributed by atoms with Crippen LogP contribution in [0, 0.1) is 13.8 Å². The maximum Gasteiger partial charge on any atom is 0.166 e. The molecule has 6 aromatic rings. The third kappa shape index (κ3) is 10.9. The van der Waals surface area contributed by atoms with Crippen LogP contribution in [-0.4, -0.2) is 71.4 Å². The smallest absolute Gasteiger partial charge is 0.166 e. The number of aliphatic hydroxyl groups is 2. The van der Waals surface area contributed by atoms with Crippen LogP contribution in [0.4, 0.5) is 22.7 Å². The second-order valence-electron chi connectivity index (χ2n) is 13.4. The Kier molecular flexibility index (Phi) is 15.9. The van der Waals surface area contributed by atoms with Crippen molar-refractivity contribution in [3.05, 3.63) is 120 Å². The van der Waals surface area contributed by atoms with Crippen LogP contribution in [0.3, 0.4) is 0 Å². The number of pyridine rings is 2. The van der Waals surface area contributed by atoms with E-state index >= 15 is 0 Å². The van der Waals surface area contributed by atoms with Crippen molar-refractivity contribution in [1.82, 2.24) is 9.97 Å². The number of hydrogen-bond acceptors (Lipinski definition) is 11. The Bertz CT molecular complexity index is 2280. The lowest BCUT2D eigenvalue weighted by Crippen LogP contribution is -2.10. The number of ketones is 2. The first-order valence-corrected chi connectivity index (χ1v) is 19.4. The molecule has 4 N–H and O–H groups in total. The number of rotatable bonds is 19. The first-order valence-electron chi connectivity index (χ1n) is 19.4. The number of benzene rings is 4. The summed E-state index contributed by atoms with van der Waals surface area (Å²) >= 11 is 0. The number of nitrogens with zero attached hydrogens (tertiary/aromatic N) is 2. The van der Waals surface area contributed by atoms with Gasteiger partial charge in [0.1, 0.15) is 35.7 Å². The van der Waals surface area contributed by atoms with Gasteiger partial charge in [-0.05, 0) is 62.1 Å². The normalized spacial score (nSPS) is 10.8. The standard InChI is InChI=1S/C24H28N2O4.C22H24N2O3/c1-3-7-21(28)19-16-25-24-18(23(19)26-20-10-5-4-8-17(20)2)9-6-11-22(24)30-15-14-29-13-12-27;1-3-7-19(26)17-14-23-22-16(9-6-11-20(22)27-13-12-25)21(17)24-18-10-5-4-8-15(18)2/h4-6,8-11,16,27H,3,7,12-15H2,1-2H3,(H,25,26);4-6,8-11,14,25H,3,7,12-13H2,1-2H3,(H,23,24). The minimum Gasteiger partial charge on any atom is -0.489 e. The number of carbonyl (C=O) groups excluding carboxylic acids is 2. The predicted octanol–water partition coefficient (Wildman–Crippen LogP) is 9.30. The van der Waals surface area contributed by atoms with Gasteiger partial charge in [0.05, 0.1) is 48.9 Å². The van der Waals surface area contributed by atoms with Gasteiger partial charge in [0.25, 0.3) is 0 Å². The molecule has 0 radical (unpaired) electrons. The fraction of sp³-hybridized carbons (Fsp3) is 0.304. The van der Waals surface area contributed by atoms with Gasteiger partial charge >= 0.3 is 0 Å². The van der Waals surface area contributed by atoms with Crippen molar-refractivity contribution < 1.29 is 34.0 Å². The van der Waals surface area contributed by atoms with Crippen molar-refractivity contribution in [3.8, 4) is 11.5 Å². The van der Waals surface area contributed by atoms with Crippen LogP contribution >= 0.6 is 0 Å².